The molecule has 0 saturated carbocycles. The highest BCUT2D eigenvalue weighted by molar-refractivity contribution is 7.90. The highest BCUT2D eigenvalue weighted by atomic mass is 32.2. The van der Waals surface area contributed by atoms with Gasteiger partial charge in [0, 0.05) is 6.26 Å². The first-order chi connectivity index (χ1) is 12.4. The van der Waals surface area contributed by atoms with Crippen molar-refractivity contribution in [2.45, 2.75) is 44.1 Å². The Bertz CT molecular complexity index is 931. The number of halogens is 1. The Morgan fingerprint density at radius 2 is 1.70 bits per heavy atom. The zero-order valence-corrected chi connectivity index (χ0v) is 16.9. The van der Waals surface area contributed by atoms with E-state index in [1.807, 2.05) is 12.1 Å². The van der Waals surface area contributed by atoms with Crippen molar-refractivity contribution in [1.82, 2.24) is 0 Å². The van der Waals surface area contributed by atoms with Gasteiger partial charge in [-0.05, 0) is 48.2 Å². The van der Waals surface area contributed by atoms with Crippen LogP contribution in [0.15, 0.2) is 47.4 Å². The minimum absolute atomic E-state index is 0.00365. The van der Waals surface area contributed by atoms with Gasteiger partial charge in [-0.3, -0.25) is 4.79 Å². The minimum Gasteiger partial charge on any atom is -0.481 e. The Morgan fingerprint density at radius 3 is 2.22 bits per heavy atom. The second-order valence-electron chi connectivity index (χ2n) is 7.44. The van der Waals surface area contributed by atoms with Gasteiger partial charge in [0.15, 0.2) is 15.9 Å². The first-order valence-electron chi connectivity index (χ1n) is 8.45. The van der Waals surface area contributed by atoms with E-state index in [2.05, 4.69) is 26.1 Å². The molecular formula is C20H24FNO4S. The number of hydrogen-bond acceptors (Lipinski definition) is 4. The summed E-state index contributed by atoms with van der Waals surface area (Å²) in [6.07, 6.45) is 0.116. The topological polar surface area (TPSA) is 72.5 Å². The van der Waals surface area contributed by atoms with Crippen LogP contribution in [0.1, 0.15) is 33.3 Å². The summed E-state index contributed by atoms with van der Waals surface area (Å²) in [4.78, 5) is 12.2. The van der Waals surface area contributed by atoms with Crippen molar-refractivity contribution in [1.29, 1.82) is 0 Å². The van der Waals surface area contributed by atoms with Crippen molar-refractivity contribution in [3.8, 4) is 5.75 Å². The lowest BCUT2D eigenvalue weighted by molar-refractivity contribution is -0.122. The quantitative estimate of drug-likeness (QED) is 0.781. The van der Waals surface area contributed by atoms with Crippen molar-refractivity contribution >= 4 is 21.4 Å². The Hall–Kier alpha value is -2.41. The van der Waals surface area contributed by atoms with Gasteiger partial charge in [0.25, 0.3) is 5.91 Å². The van der Waals surface area contributed by atoms with E-state index < -0.39 is 27.7 Å². The first-order valence-corrected chi connectivity index (χ1v) is 10.3. The molecule has 0 fully saturated rings. The highest BCUT2D eigenvalue weighted by Crippen LogP contribution is 2.25. The van der Waals surface area contributed by atoms with E-state index in [9.17, 15) is 17.6 Å². The highest BCUT2D eigenvalue weighted by Gasteiger charge is 2.19. The molecule has 5 nitrogen and oxygen atoms in total. The van der Waals surface area contributed by atoms with Crippen molar-refractivity contribution in [2.24, 2.45) is 0 Å². The van der Waals surface area contributed by atoms with Crippen molar-refractivity contribution in [2.75, 3.05) is 11.6 Å². The lowest BCUT2D eigenvalue weighted by Crippen LogP contribution is -2.30. The number of amides is 1. The van der Waals surface area contributed by atoms with Crippen molar-refractivity contribution in [3.63, 3.8) is 0 Å². The molecule has 0 aliphatic carbocycles. The number of hydrogen-bond donors (Lipinski definition) is 1. The molecule has 2 aromatic rings. The lowest BCUT2D eigenvalue weighted by atomic mass is 9.87. The molecule has 1 N–H and O–H groups in total. The summed E-state index contributed by atoms with van der Waals surface area (Å²) >= 11 is 0. The van der Waals surface area contributed by atoms with Gasteiger partial charge in [0.2, 0.25) is 0 Å². The van der Waals surface area contributed by atoms with Crippen LogP contribution in [0, 0.1) is 5.82 Å². The number of nitrogens with one attached hydrogen (secondary N) is 1. The third kappa shape index (κ3) is 5.53. The van der Waals surface area contributed by atoms with E-state index in [1.165, 1.54) is 6.92 Å². The molecule has 0 aromatic heterocycles. The number of carbonyl (C=O) groups excluding carboxylic acids is 1. The van der Waals surface area contributed by atoms with Crippen molar-refractivity contribution in [3.05, 3.63) is 53.8 Å². The molecule has 0 heterocycles. The van der Waals surface area contributed by atoms with Gasteiger partial charge in [0.1, 0.15) is 11.6 Å². The molecule has 7 heteroatoms. The number of ether oxygens (including phenoxy) is 1. The maximum atomic E-state index is 13.9. The SMILES string of the molecule is CC(Oc1ccc(C(C)(C)C)cc1)C(=O)Nc1cc(S(C)(=O)=O)ccc1F. The van der Waals surface area contributed by atoms with E-state index in [0.717, 1.165) is 30.0 Å². The van der Waals surface area contributed by atoms with E-state index in [4.69, 9.17) is 4.74 Å². The second kappa shape index (κ2) is 7.68. The molecule has 0 radical (unpaired) electrons. The summed E-state index contributed by atoms with van der Waals surface area (Å²) in [6, 6.07) is 10.6. The third-order valence-electron chi connectivity index (χ3n) is 4.03. The van der Waals surface area contributed by atoms with E-state index in [1.54, 1.807) is 12.1 Å². The predicted molar refractivity (Wildman–Crippen MR) is 103 cm³/mol. The normalized spacial score (nSPS) is 13.1. The molecule has 2 aromatic carbocycles. The van der Waals surface area contributed by atoms with Crippen LogP contribution in [0.3, 0.4) is 0 Å². The molecule has 0 bridgehead atoms. The minimum atomic E-state index is -3.51. The fraction of sp³-hybridized carbons (Fsp3) is 0.350. The molecular weight excluding hydrogens is 369 g/mol. The largest absolute Gasteiger partial charge is 0.481 e. The lowest BCUT2D eigenvalue weighted by Gasteiger charge is -2.20. The van der Waals surface area contributed by atoms with Crippen LogP contribution >= 0.6 is 0 Å². The fourth-order valence-electron chi connectivity index (χ4n) is 2.36. The number of rotatable bonds is 5. The van der Waals surface area contributed by atoms with Crippen LogP contribution in [0.25, 0.3) is 0 Å². The maximum Gasteiger partial charge on any atom is 0.265 e. The van der Waals surface area contributed by atoms with Crippen LogP contribution in [0.4, 0.5) is 10.1 Å². The summed E-state index contributed by atoms with van der Waals surface area (Å²) in [5.41, 5.74) is 0.928. The average molecular weight is 393 g/mol. The molecule has 1 unspecified atom stereocenters. The molecule has 0 aliphatic rings. The van der Waals surface area contributed by atoms with Crippen LogP contribution in [0.2, 0.25) is 0 Å². The number of benzene rings is 2. The molecule has 2 rings (SSSR count). The molecule has 146 valence electrons. The predicted octanol–water partition coefficient (Wildman–Crippen LogP) is 3.93. The smallest absolute Gasteiger partial charge is 0.265 e. The Kier molecular flexibility index (Phi) is 5.94. The van der Waals surface area contributed by atoms with Gasteiger partial charge >= 0.3 is 0 Å². The van der Waals surface area contributed by atoms with E-state index in [0.29, 0.717) is 5.75 Å². The summed E-state index contributed by atoms with van der Waals surface area (Å²) in [5.74, 6) is -0.798. The van der Waals surface area contributed by atoms with Gasteiger partial charge in [0.05, 0.1) is 10.6 Å². The fourth-order valence-corrected chi connectivity index (χ4v) is 3.00. The monoisotopic (exact) mass is 393 g/mol. The van der Waals surface area contributed by atoms with Crippen LogP contribution in [-0.2, 0) is 20.0 Å². The molecule has 1 amide bonds. The number of sulfone groups is 1. The Balaban J connectivity index is 2.10. The van der Waals surface area contributed by atoms with Gasteiger partial charge in [-0.1, -0.05) is 32.9 Å². The van der Waals surface area contributed by atoms with E-state index >= 15 is 0 Å². The van der Waals surface area contributed by atoms with Gasteiger partial charge in [-0.25, -0.2) is 12.8 Å². The van der Waals surface area contributed by atoms with Crippen molar-refractivity contribution < 1.29 is 22.3 Å². The van der Waals surface area contributed by atoms with Gasteiger partial charge in [-0.2, -0.15) is 0 Å². The summed E-state index contributed by atoms with van der Waals surface area (Å²) < 4.78 is 42.7. The third-order valence-corrected chi connectivity index (χ3v) is 5.14. The summed E-state index contributed by atoms with van der Waals surface area (Å²) in [5, 5.41) is 2.37. The molecule has 0 saturated heterocycles. The molecule has 0 spiro atoms. The molecule has 27 heavy (non-hydrogen) atoms. The van der Waals surface area contributed by atoms with Gasteiger partial charge in [-0.15, -0.1) is 0 Å². The number of carbonyl (C=O) groups is 1. The number of anilines is 1. The Labute approximate surface area is 159 Å². The summed E-state index contributed by atoms with van der Waals surface area (Å²) in [6.45, 7) is 7.82. The standard InChI is InChI=1S/C20H24FNO4S/c1-13(26-15-8-6-14(7-9-15)20(2,3)4)19(23)22-18-12-16(27(5,24)25)10-11-17(18)21/h6-13H,1-5H3,(H,22,23). The average Bonchev–Trinajstić information content (AvgIpc) is 2.55. The summed E-state index contributed by atoms with van der Waals surface area (Å²) in [7, 11) is -3.51. The van der Waals surface area contributed by atoms with Crippen LogP contribution in [0.5, 0.6) is 5.75 Å². The second-order valence-corrected chi connectivity index (χ2v) is 9.45. The molecule has 0 aliphatic heterocycles. The van der Waals surface area contributed by atoms with E-state index in [-0.39, 0.29) is 16.0 Å². The zero-order valence-electron chi connectivity index (χ0n) is 16.0. The van der Waals surface area contributed by atoms with Crippen LogP contribution < -0.4 is 10.1 Å². The van der Waals surface area contributed by atoms with Gasteiger partial charge < -0.3 is 10.1 Å². The van der Waals surface area contributed by atoms with Crippen LogP contribution in [-0.4, -0.2) is 26.7 Å². The molecule has 1 atom stereocenters. The first kappa shape index (κ1) is 20.9. The zero-order chi connectivity index (χ0) is 20.4. The Morgan fingerprint density at radius 1 is 1.11 bits per heavy atom. The maximum absolute atomic E-state index is 13.9.